The molecule has 3 rings (SSSR count). The molecule has 26 heavy (non-hydrogen) atoms. The number of unbranched alkanes of at least 4 members (excludes halogenated alkanes) is 1. The molecule has 7 heteroatoms. The van der Waals surface area contributed by atoms with E-state index in [1.807, 2.05) is 43.3 Å². The zero-order valence-electron chi connectivity index (χ0n) is 14.9. The summed E-state index contributed by atoms with van der Waals surface area (Å²) in [6.45, 7) is 3.47. The molecular formula is C19H23N5O2. The standard InChI is InChI=1S/C19H23N5O2/c1-2-3-10-18(25)22-24-13-12-23(19(24)26)14-15-7-6-9-17(21-15)16-8-4-5-11-20-16/h4-9,11H,2-3,10,12-14H2,1H3,(H,22,25). The number of hydrogen-bond donors (Lipinski definition) is 1. The van der Waals surface area contributed by atoms with Gasteiger partial charge < -0.3 is 4.90 Å². The lowest BCUT2D eigenvalue weighted by molar-refractivity contribution is -0.124. The van der Waals surface area contributed by atoms with E-state index in [1.54, 1.807) is 11.1 Å². The van der Waals surface area contributed by atoms with Crippen LogP contribution in [0.5, 0.6) is 0 Å². The highest BCUT2D eigenvalue weighted by Crippen LogP contribution is 2.16. The Labute approximate surface area is 153 Å². The van der Waals surface area contributed by atoms with E-state index in [9.17, 15) is 9.59 Å². The molecule has 3 heterocycles. The van der Waals surface area contributed by atoms with Crippen molar-refractivity contribution in [3.05, 3.63) is 48.3 Å². The molecule has 0 radical (unpaired) electrons. The van der Waals surface area contributed by atoms with Gasteiger partial charge in [-0.25, -0.2) is 14.8 Å². The molecule has 7 nitrogen and oxygen atoms in total. The average molecular weight is 353 g/mol. The van der Waals surface area contributed by atoms with Gasteiger partial charge in [0, 0.05) is 19.2 Å². The van der Waals surface area contributed by atoms with E-state index in [0.29, 0.717) is 26.1 Å². The highest BCUT2D eigenvalue weighted by atomic mass is 16.2. The van der Waals surface area contributed by atoms with Gasteiger partial charge >= 0.3 is 6.03 Å². The molecule has 1 aliphatic heterocycles. The molecule has 1 fully saturated rings. The number of aromatic nitrogens is 2. The maximum Gasteiger partial charge on any atom is 0.339 e. The summed E-state index contributed by atoms with van der Waals surface area (Å²) >= 11 is 0. The van der Waals surface area contributed by atoms with E-state index in [-0.39, 0.29) is 11.9 Å². The number of hydrogen-bond acceptors (Lipinski definition) is 4. The number of carbonyl (C=O) groups excluding carboxylic acids is 2. The lowest BCUT2D eigenvalue weighted by Crippen LogP contribution is -2.44. The van der Waals surface area contributed by atoms with Crippen molar-refractivity contribution in [1.82, 2.24) is 25.3 Å². The first kappa shape index (κ1) is 17.8. The van der Waals surface area contributed by atoms with Crippen LogP contribution in [0.25, 0.3) is 11.4 Å². The van der Waals surface area contributed by atoms with E-state index in [0.717, 1.165) is 29.9 Å². The Bertz CT molecular complexity index is 766. The first-order valence-corrected chi connectivity index (χ1v) is 8.90. The van der Waals surface area contributed by atoms with Crippen molar-refractivity contribution in [3.63, 3.8) is 0 Å². The highest BCUT2D eigenvalue weighted by molar-refractivity contribution is 5.82. The Balaban J connectivity index is 1.61. The monoisotopic (exact) mass is 353 g/mol. The van der Waals surface area contributed by atoms with Crippen LogP contribution in [0.2, 0.25) is 0 Å². The molecule has 0 aliphatic carbocycles. The normalized spacial score (nSPS) is 14.0. The molecule has 3 amide bonds. The minimum absolute atomic E-state index is 0.114. The number of nitrogens with zero attached hydrogens (tertiary/aromatic N) is 4. The molecule has 0 aromatic carbocycles. The van der Waals surface area contributed by atoms with Crippen molar-refractivity contribution < 1.29 is 9.59 Å². The summed E-state index contributed by atoms with van der Waals surface area (Å²) in [5.41, 5.74) is 5.06. The molecule has 136 valence electrons. The molecular weight excluding hydrogens is 330 g/mol. The van der Waals surface area contributed by atoms with E-state index in [1.165, 1.54) is 5.01 Å². The van der Waals surface area contributed by atoms with Crippen LogP contribution in [0.15, 0.2) is 42.6 Å². The average Bonchev–Trinajstić information content (AvgIpc) is 3.01. The Kier molecular flexibility index (Phi) is 5.78. The SMILES string of the molecule is CCCCC(=O)NN1CCN(Cc2cccc(-c3ccccn3)n2)C1=O. The summed E-state index contributed by atoms with van der Waals surface area (Å²) in [5, 5.41) is 1.39. The number of hydrazine groups is 1. The van der Waals surface area contributed by atoms with Crippen LogP contribution >= 0.6 is 0 Å². The molecule has 1 N–H and O–H groups in total. The fourth-order valence-electron chi connectivity index (χ4n) is 2.80. The van der Waals surface area contributed by atoms with Crippen LogP contribution < -0.4 is 5.43 Å². The summed E-state index contributed by atoms with van der Waals surface area (Å²) in [7, 11) is 0. The molecule has 0 spiro atoms. The molecule has 0 saturated carbocycles. The summed E-state index contributed by atoms with van der Waals surface area (Å²) in [5.74, 6) is -0.114. The molecule has 2 aromatic heterocycles. The lowest BCUT2D eigenvalue weighted by Gasteiger charge is -2.19. The van der Waals surface area contributed by atoms with E-state index in [2.05, 4.69) is 15.4 Å². The van der Waals surface area contributed by atoms with E-state index < -0.39 is 0 Å². The van der Waals surface area contributed by atoms with Crippen molar-refractivity contribution in [3.8, 4) is 11.4 Å². The maximum atomic E-state index is 12.5. The molecule has 1 aliphatic rings. The van der Waals surface area contributed by atoms with Crippen LogP contribution in [-0.4, -0.2) is 44.9 Å². The zero-order valence-corrected chi connectivity index (χ0v) is 14.9. The van der Waals surface area contributed by atoms with Crippen LogP contribution in [0.3, 0.4) is 0 Å². The zero-order chi connectivity index (χ0) is 18.4. The quantitative estimate of drug-likeness (QED) is 0.830. The second-order valence-corrected chi connectivity index (χ2v) is 6.22. The molecule has 1 saturated heterocycles. The minimum Gasteiger partial charge on any atom is -0.315 e. The van der Waals surface area contributed by atoms with Gasteiger partial charge in [0.15, 0.2) is 0 Å². The Hall–Kier alpha value is -2.96. The van der Waals surface area contributed by atoms with Crippen LogP contribution in [-0.2, 0) is 11.3 Å². The smallest absolute Gasteiger partial charge is 0.315 e. The fourth-order valence-corrected chi connectivity index (χ4v) is 2.80. The van der Waals surface area contributed by atoms with Crippen molar-refractivity contribution in [2.24, 2.45) is 0 Å². The number of pyridine rings is 2. The van der Waals surface area contributed by atoms with Crippen LogP contribution in [0.1, 0.15) is 31.9 Å². The Morgan fingerprint density at radius 1 is 1.15 bits per heavy atom. The van der Waals surface area contributed by atoms with Crippen molar-refractivity contribution in [2.45, 2.75) is 32.7 Å². The highest BCUT2D eigenvalue weighted by Gasteiger charge is 2.29. The summed E-state index contributed by atoms with van der Waals surface area (Å²) < 4.78 is 0. The first-order chi connectivity index (χ1) is 12.7. The van der Waals surface area contributed by atoms with Gasteiger partial charge in [-0.2, -0.15) is 0 Å². The van der Waals surface area contributed by atoms with E-state index >= 15 is 0 Å². The Morgan fingerprint density at radius 3 is 2.77 bits per heavy atom. The number of amides is 3. The van der Waals surface area contributed by atoms with Crippen molar-refractivity contribution in [1.29, 1.82) is 0 Å². The van der Waals surface area contributed by atoms with Crippen LogP contribution in [0, 0.1) is 0 Å². The van der Waals surface area contributed by atoms with E-state index in [4.69, 9.17) is 0 Å². The van der Waals surface area contributed by atoms with Gasteiger partial charge in [-0.1, -0.05) is 25.5 Å². The van der Waals surface area contributed by atoms with Crippen LogP contribution in [0.4, 0.5) is 4.79 Å². The third-order valence-electron chi connectivity index (χ3n) is 4.20. The number of rotatable bonds is 7. The predicted octanol–water partition coefficient (Wildman–Crippen LogP) is 2.60. The number of carbonyl (C=O) groups is 2. The largest absolute Gasteiger partial charge is 0.339 e. The van der Waals surface area contributed by atoms with Crippen molar-refractivity contribution in [2.75, 3.05) is 13.1 Å². The second kappa shape index (κ2) is 8.42. The minimum atomic E-state index is -0.195. The molecule has 0 atom stereocenters. The molecule has 0 unspecified atom stereocenters. The summed E-state index contributed by atoms with van der Waals surface area (Å²) in [6.07, 6.45) is 3.94. The van der Waals surface area contributed by atoms with Gasteiger partial charge in [0.1, 0.15) is 0 Å². The second-order valence-electron chi connectivity index (χ2n) is 6.22. The summed E-state index contributed by atoms with van der Waals surface area (Å²) in [6, 6.07) is 11.2. The van der Waals surface area contributed by atoms with Gasteiger partial charge in [0.05, 0.1) is 30.2 Å². The van der Waals surface area contributed by atoms with Gasteiger partial charge in [0.25, 0.3) is 0 Å². The predicted molar refractivity (Wildman–Crippen MR) is 97.6 cm³/mol. The maximum absolute atomic E-state index is 12.5. The molecule has 0 bridgehead atoms. The van der Waals surface area contributed by atoms with Gasteiger partial charge in [-0.3, -0.25) is 15.2 Å². The van der Waals surface area contributed by atoms with Gasteiger partial charge in [-0.05, 0) is 30.7 Å². The number of urea groups is 1. The lowest BCUT2D eigenvalue weighted by atomic mass is 10.2. The van der Waals surface area contributed by atoms with Crippen molar-refractivity contribution >= 4 is 11.9 Å². The third-order valence-corrected chi connectivity index (χ3v) is 4.20. The first-order valence-electron chi connectivity index (χ1n) is 8.90. The van der Waals surface area contributed by atoms with Gasteiger partial charge in [0.2, 0.25) is 5.91 Å². The fraction of sp³-hybridized carbons (Fsp3) is 0.368. The Morgan fingerprint density at radius 2 is 2.00 bits per heavy atom. The van der Waals surface area contributed by atoms with Gasteiger partial charge in [-0.15, -0.1) is 0 Å². The third kappa shape index (κ3) is 4.36. The summed E-state index contributed by atoms with van der Waals surface area (Å²) in [4.78, 5) is 34.9. The molecule has 2 aromatic rings. The number of nitrogens with one attached hydrogen (secondary N) is 1. The topological polar surface area (TPSA) is 78.4 Å².